The van der Waals surface area contributed by atoms with Crippen molar-refractivity contribution in [2.75, 3.05) is 19.7 Å². The molecule has 22 heavy (non-hydrogen) atoms. The molecule has 1 aromatic heterocycles. The lowest BCUT2D eigenvalue weighted by molar-refractivity contribution is 0.0123. The zero-order valence-electron chi connectivity index (χ0n) is 12.8. The van der Waals surface area contributed by atoms with Gasteiger partial charge in [-0.25, -0.2) is 4.39 Å². The summed E-state index contributed by atoms with van der Waals surface area (Å²) in [6.45, 7) is 5.43. The van der Waals surface area contributed by atoms with Gasteiger partial charge in [-0.15, -0.1) is 0 Å². The van der Waals surface area contributed by atoms with Crippen LogP contribution in [0.5, 0.6) is 0 Å². The first kappa shape index (κ1) is 15.2. The van der Waals surface area contributed by atoms with E-state index in [-0.39, 0.29) is 11.2 Å². The van der Waals surface area contributed by atoms with Crippen LogP contribution in [0.15, 0.2) is 29.1 Å². The Bertz CT molecular complexity index is 705. The molecule has 0 atom stereocenters. The molecule has 1 aromatic carbocycles. The number of aromatic amines is 1. The standard InChI is InChI=1S/C17H21FN2O2/c1-2-22-14-5-7-20(8-6-14)11-13-10-17(21)15-9-12(18)3-4-16(15)19-13/h3-4,9-10,14H,2,5-8,11H2,1H3,(H,19,21). The summed E-state index contributed by atoms with van der Waals surface area (Å²) in [5, 5.41) is 0.402. The van der Waals surface area contributed by atoms with Crippen molar-refractivity contribution in [2.45, 2.75) is 32.4 Å². The fourth-order valence-corrected chi connectivity index (χ4v) is 3.07. The number of nitrogens with one attached hydrogen (secondary N) is 1. The molecule has 1 N–H and O–H groups in total. The quantitative estimate of drug-likeness (QED) is 0.944. The molecule has 5 heteroatoms. The SMILES string of the molecule is CCOC1CCN(Cc2cc(=O)c3cc(F)ccc3[nH]2)CC1. The van der Waals surface area contributed by atoms with E-state index in [2.05, 4.69) is 9.88 Å². The van der Waals surface area contributed by atoms with Crippen LogP contribution in [0, 0.1) is 5.82 Å². The van der Waals surface area contributed by atoms with Gasteiger partial charge in [0.25, 0.3) is 0 Å². The van der Waals surface area contributed by atoms with Crippen molar-refractivity contribution in [1.29, 1.82) is 0 Å². The predicted octanol–water partition coefficient (Wildman–Crippen LogP) is 2.67. The fraction of sp³-hybridized carbons (Fsp3) is 0.471. The van der Waals surface area contributed by atoms with Crippen molar-refractivity contribution < 1.29 is 9.13 Å². The first-order valence-electron chi connectivity index (χ1n) is 7.81. The molecule has 3 rings (SSSR count). The molecule has 118 valence electrons. The Morgan fingerprint density at radius 2 is 2.09 bits per heavy atom. The van der Waals surface area contributed by atoms with Gasteiger partial charge in [-0.3, -0.25) is 9.69 Å². The van der Waals surface area contributed by atoms with Crippen LogP contribution in [0.3, 0.4) is 0 Å². The summed E-state index contributed by atoms with van der Waals surface area (Å²) < 4.78 is 18.9. The molecule has 0 spiro atoms. The minimum Gasteiger partial charge on any atom is -0.378 e. The van der Waals surface area contributed by atoms with E-state index in [1.807, 2.05) is 6.92 Å². The third kappa shape index (κ3) is 3.36. The molecule has 0 radical (unpaired) electrons. The van der Waals surface area contributed by atoms with E-state index in [4.69, 9.17) is 4.74 Å². The molecular formula is C17H21FN2O2. The minimum absolute atomic E-state index is 0.132. The van der Waals surface area contributed by atoms with Crippen LogP contribution in [0.2, 0.25) is 0 Å². The summed E-state index contributed by atoms with van der Waals surface area (Å²) in [7, 11) is 0. The highest BCUT2D eigenvalue weighted by Gasteiger charge is 2.19. The number of ether oxygens (including phenoxy) is 1. The van der Waals surface area contributed by atoms with Gasteiger partial charge in [0.2, 0.25) is 0 Å². The van der Waals surface area contributed by atoms with Crippen molar-refractivity contribution in [3.05, 3.63) is 46.0 Å². The fourth-order valence-electron chi connectivity index (χ4n) is 3.07. The van der Waals surface area contributed by atoms with E-state index < -0.39 is 0 Å². The topological polar surface area (TPSA) is 45.3 Å². The molecule has 1 aliphatic rings. The minimum atomic E-state index is -0.385. The molecule has 1 saturated heterocycles. The molecule has 0 amide bonds. The van der Waals surface area contributed by atoms with Crippen molar-refractivity contribution in [3.8, 4) is 0 Å². The van der Waals surface area contributed by atoms with Crippen LogP contribution >= 0.6 is 0 Å². The lowest BCUT2D eigenvalue weighted by Crippen LogP contribution is -2.36. The molecule has 1 fully saturated rings. The molecule has 2 heterocycles. The highest BCUT2D eigenvalue weighted by molar-refractivity contribution is 5.78. The number of benzene rings is 1. The normalized spacial score (nSPS) is 17.2. The van der Waals surface area contributed by atoms with E-state index in [1.54, 1.807) is 12.1 Å². The van der Waals surface area contributed by atoms with Crippen LogP contribution in [0.4, 0.5) is 4.39 Å². The van der Waals surface area contributed by atoms with Crippen LogP contribution in [0.1, 0.15) is 25.5 Å². The van der Waals surface area contributed by atoms with E-state index in [0.717, 1.165) is 38.2 Å². The number of pyridine rings is 1. The smallest absolute Gasteiger partial charge is 0.189 e. The second-order valence-corrected chi connectivity index (χ2v) is 5.78. The van der Waals surface area contributed by atoms with Crippen molar-refractivity contribution in [3.63, 3.8) is 0 Å². The second-order valence-electron chi connectivity index (χ2n) is 5.78. The third-order valence-electron chi connectivity index (χ3n) is 4.18. The molecule has 2 aromatic rings. The number of fused-ring (bicyclic) bond motifs is 1. The first-order valence-corrected chi connectivity index (χ1v) is 7.81. The number of hydrogen-bond acceptors (Lipinski definition) is 3. The van der Waals surface area contributed by atoms with Gasteiger partial charge in [0.15, 0.2) is 5.43 Å². The third-order valence-corrected chi connectivity index (χ3v) is 4.18. The first-order chi connectivity index (χ1) is 10.7. The molecule has 0 unspecified atom stereocenters. The molecule has 0 aliphatic carbocycles. The monoisotopic (exact) mass is 304 g/mol. The zero-order chi connectivity index (χ0) is 15.5. The zero-order valence-corrected chi connectivity index (χ0v) is 12.8. The predicted molar refractivity (Wildman–Crippen MR) is 84.5 cm³/mol. The lowest BCUT2D eigenvalue weighted by Gasteiger charge is -2.31. The van der Waals surface area contributed by atoms with Crippen molar-refractivity contribution in [1.82, 2.24) is 9.88 Å². The van der Waals surface area contributed by atoms with Gasteiger partial charge in [-0.05, 0) is 38.0 Å². The van der Waals surface area contributed by atoms with Gasteiger partial charge >= 0.3 is 0 Å². The average Bonchev–Trinajstić information content (AvgIpc) is 2.50. The van der Waals surface area contributed by atoms with Gasteiger partial charge in [0.05, 0.1) is 6.10 Å². The molecule has 0 bridgehead atoms. The van der Waals surface area contributed by atoms with E-state index in [1.165, 1.54) is 12.1 Å². The Morgan fingerprint density at radius 1 is 1.32 bits per heavy atom. The number of hydrogen-bond donors (Lipinski definition) is 1. The lowest BCUT2D eigenvalue weighted by atomic mass is 10.1. The number of likely N-dealkylation sites (tertiary alicyclic amines) is 1. The molecule has 4 nitrogen and oxygen atoms in total. The van der Waals surface area contributed by atoms with Crippen LogP contribution in [-0.2, 0) is 11.3 Å². The summed E-state index contributed by atoms with van der Waals surface area (Å²) >= 11 is 0. The van der Waals surface area contributed by atoms with Crippen LogP contribution in [0.25, 0.3) is 10.9 Å². The maximum absolute atomic E-state index is 13.2. The van der Waals surface area contributed by atoms with E-state index in [9.17, 15) is 9.18 Å². The number of aromatic nitrogens is 1. The largest absolute Gasteiger partial charge is 0.378 e. The van der Waals surface area contributed by atoms with Crippen molar-refractivity contribution in [2.24, 2.45) is 0 Å². The van der Waals surface area contributed by atoms with Crippen molar-refractivity contribution >= 4 is 10.9 Å². The maximum atomic E-state index is 13.2. The van der Waals surface area contributed by atoms with Crippen LogP contribution < -0.4 is 5.43 Å². The number of H-pyrrole nitrogens is 1. The summed E-state index contributed by atoms with van der Waals surface area (Å²) in [5.74, 6) is -0.385. The summed E-state index contributed by atoms with van der Waals surface area (Å²) in [4.78, 5) is 17.7. The van der Waals surface area contributed by atoms with E-state index >= 15 is 0 Å². The Morgan fingerprint density at radius 3 is 2.82 bits per heavy atom. The summed E-state index contributed by atoms with van der Waals surface area (Å²) in [6.07, 6.45) is 2.41. The Balaban J connectivity index is 1.72. The maximum Gasteiger partial charge on any atom is 0.189 e. The summed E-state index contributed by atoms with van der Waals surface area (Å²) in [6, 6.07) is 5.86. The van der Waals surface area contributed by atoms with Gasteiger partial charge in [-0.1, -0.05) is 0 Å². The second kappa shape index (κ2) is 6.58. The van der Waals surface area contributed by atoms with Crippen LogP contribution in [-0.4, -0.2) is 35.7 Å². The number of rotatable bonds is 4. The Labute approximate surface area is 128 Å². The average molecular weight is 304 g/mol. The Kier molecular flexibility index (Phi) is 4.55. The highest BCUT2D eigenvalue weighted by Crippen LogP contribution is 2.16. The van der Waals surface area contributed by atoms with Gasteiger partial charge in [0, 0.05) is 48.9 Å². The Hall–Kier alpha value is -1.72. The molecule has 1 aliphatic heterocycles. The molecular weight excluding hydrogens is 283 g/mol. The van der Waals surface area contributed by atoms with Gasteiger partial charge in [0.1, 0.15) is 5.82 Å². The highest BCUT2D eigenvalue weighted by atomic mass is 19.1. The molecule has 0 saturated carbocycles. The van der Waals surface area contributed by atoms with E-state index in [0.29, 0.717) is 23.6 Å². The summed E-state index contributed by atoms with van der Waals surface area (Å²) in [5.41, 5.74) is 1.43. The number of piperidine rings is 1. The number of nitrogens with zero attached hydrogens (tertiary/aromatic N) is 1. The van der Waals surface area contributed by atoms with Gasteiger partial charge in [-0.2, -0.15) is 0 Å². The van der Waals surface area contributed by atoms with Gasteiger partial charge < -0.3 is 9.72 Å². The number of halogens is 1.